The monoisotopic (exact) mass is 641 g/mol. The van der Waals surface area contributed by atoms with E-state index >= 15 is 0 Å². The van der Waals surface area contributed by atoms with E-state index < -0.39 is 0 Å². The minimum absolute atomic E-state index is 0.212. The second kappa shape index (κ2) is 23.7. The summed E-state index contributed by atoms with van der Waals surface area (Å²) in [6, 6.07) is 18.6. The number of benzene rings is 1. The normalized spacial score (nSPS) is 12.0. The van der Waals surface area contributed by atoms with Crippen LogP contribution in [0.15, 0.2) is 91.8 Å². The van der Waals surface area contributed by atoms with Crippen molar-refractivity contribution in [3.63, 3.8) is 0 Å². The highest BCUT2D eigenvalue weighted by Gasteiger charge is 2.21. The van der Waals surface area contributed by atoms with Gasteiger partial charge in [0.05, 0.1) is 18.0 Å². The van der Waals surface area contributed by atoms with Crippen LogP contribution in [0.25, 0.3) is 0 Å². The first-order valence-corrected chi connectivity index (χ1v) is 17.6. The summed E-state index contributed by atoms with van der Waals surface area (Å²) in [5.41, 5.74) is 4.85. The fourth-order valence-electron chi connectivity index (χ4n) is 4.27. The first-order chi connectivity index (χ1) is 22.3. The quantitative estimate of drug-likeness (QED) is 0.192. The fourth-order valence-corrected chi connectivity index (χ4v) is 4.27. The molecule has 0 aliphatic heterocycles. The predicted octanol–water partition coefficient (Wildman–Crippen LogP) is 12.0. The topological polar surface area (TPSA) is 60.8 Å². The molecule has 47 heavy (non-hydrogen) atoms. The maximum absolute atomic E-state index is 5.54. The summed E-state index contributed by atoms with van der Waals surface area (Å²) in [4.78, 5) is 16.4. The van der Waals surface area contributed by atoms with Gasteiger partial charge < -0.3 is 4.74 Å². The van der Waals surface area contributed by atoms with Crippen LogP contribution in [-0.2, 0) is 0 Å². The average molecular weight is 641 g/mol. The lowest BCUT2D eigenvalue weighted by atomic mass is 10.0. The molecule has 3 aromatic heterocycles. The van der Waals surface area contributed by atoms with Gasteiger partial charge in [-0.05, 0) is 85.1 Å². The number of hydrogen-bond acceptors (Lipinski definition) is 5. The second-order valence-electron chi connectivity index (χ2n) is 14.1. The number of pyridine rings is 2. The molecular weight excluding hydrogens is 576 g/mol. The van der Waals surface area contributed by atoms with Gasteiger partial charge in [0.1, 0.15) is 5.75 Å². The summed E-state index contributed by atoms with van der Waals surface area (Å²) >= 11 is 0. The van der Waals surface area contributed by atoms with Crippen LogP contribution >= 0.6 is 0 Å². The molecule has 0 radical (unpaired) electrons. The molecule has 0 bridgehead atoms. The second-order valence-corrected chi connectivity index (χ2v) is 14.1. The molecule has 0 unspecified atom stereocenters. The summed E-state index contributed by atoms with van der Waals surface area (Å²) in [6.45, 7) is 25.8. The van der Waals surface area contributed by atoms with Crippen LogP contribution in [0.4, 0.5) is 0 Å². The number of ether oxygens (including phenoxy) is 1. The Kier molecular flexibility index (Phi) is 20.9. The third-order valence-corrected chi connectivity index (χ3v) is 7.19. The van der Waals surface area contributed by atoms with E-state index in [-0.39, 0.29) is 6.10 Å². The molecule has 4 aromatic rings. The molecule has 1 aliphatic carbocycles. The van der Waals surface area contributed by atoms with Crippen molar-refractivity contribution < 1.29 is 4.74 Å². The molecule has 1 fully saturated rings. The maximum Gasteiger partial charge on any atom is 0.138 e. The van der Waals surface area contributed by atoms with Gasteiger partial charge in [-0.25, -0.2) is 0 Å². The van der Waals surface area contributed by atoms with Gasteiger partial charge in [0, 0.05) is 36.7 Å². The molecule has 258 valence electrons. The molecule has 0 amide bonds. The van der Waals surface area contributed by atoms with Crippen LogP contribution in [0.3, 0.4) is 0 Å². The van der Waals surface area contributed by atoms with E-state index in [1.165, 1.54) is 30.4 Å². The van der Waals surface area contributed by atoms with Gasteiger partial charge >= 0.3 is 0 Å². The van der Waals surface area contributed by atoms with Crippen molar-refractivity contribution in [1.82, 2.24) is 19.9 Å². The Morgan fingerprint density at radius 2 is 1.17 bits per heavy atom. The third-order valence-electron chi connectivity index (χ3n) is 7.19. The molecule has 1 aliphatic rings. The molecule has 5 rings (SSSR count). The van der Waals surface area contributed by atoms with E-state index in [4.69, 9.17) is 4.74 Å². The van der Waals surface area contributed by atoms with Gasteiger partial charge in [0.25, 0.3) is 0 Å². The smallest absolute Gasteiger partial charge is 0.138 e. The molecule has 0 N–H and O–H groups in total. The zero-order valence-corrected chi connectivity index (χ0v) is 31.5. The summed E-state index contributed by atoms with van der Waals surface area (Å²) < 4.78 is 5.54. The van der Waals surface area contributed by atoms with Gasteiger partial charge in [-0.15, -0.1) is 0 Å². The molecule has 1 saturated carbocycles. The van der Waals surface area contributed by atoms with E-state index in [0.717, 1.165) is 29.0 Å². The highest BCUT2D eigenvalue weighted by molar-refractivity contribution is 5.25. The van der Waals surface area contributed by atoms with Crippen molar-refractivity contribution in [3.05, 3.63) is 114 Å². The molecule has 3 heterocycles. The van der Waals surface area contributed by atoms with Crippen LogP contribution in [0.5, 0.6) is 5.75 Å². The zero-order chi connectivity index (χ0) is 35.2. The van der Waals surface area contributed by atoms with Crippen LogP contribution in [-0.4, -0.2) is 26.0 Å². The van der Waals surface area contributed by atoms with E-state index in [1.54, 1.807) is 24.8 Å². The minimum atomic E-state index is 0.212. The summed E-state index contributed by atoms with van der Waals surface area (Å²) in [6.07, 6.45) is 15.4. The Morgan fingerprint density at radius 1 is 0.574 bits per heavy atom. The van der Waals surface area contributed by atoms with Gasteiger partial charge in [-0.1, -0.05) is 118 Å². The molecule has 5 nitrogen and oxygen atoms in total. The lowest BCUT2D eigenvalue weighted by Crippen LogP contribution is -2.06. The molecule has 0 saturated heterocycles. The largest absolute Gasteiger partial charge is 0.489 e. The standard InChI is InChI=1S/C11H17NO.C9H12.C8H11N.C7H10N2.C7H14/c1-8(2)10-5-11(7-12-6-10)13-9(3)4;1-8(2)9-6-4-3-5-7-9;1-7(2)8-5-3-4-6-9-8;1-6(2)7-5-8-3-4-9-7;1-6(2)5-7-3-4-7/h5-9H,1-4H3;3-8H,1-2H3;3-7H,1-2H3;3-6H,1-2H3;6-7H,3-5H2,1-2H3. The minimum Gasteiger partial charge on any atom is -0.489 e. The first kappa shape index (κ1) is 41.4. The van der Waals surface area contributed by atoms with Crippen LogP contribution in [0.1, 0.15) is 149 Å². The Balaban J connectivity index is 0.000000298. The lowest BCUT2D eigenvalue weighted by molar-refractivity contribution is 0.241. The fraction of sp³-hybridized carbons (Fsp3) is 0.524. The van der Waals surface area contributed by atoms with Crippen LogP contribution < -0.4 is 4.74 Å². The third kappa shape index (κ3) is 21.0. The lowest BCUT2D eigenvalue weighted by Gasteiger charge is -2.11. The Morgan fingerprint density at radius 3 is 1.53 bits per heavy atom. The predicted molar refractivity (Wildman–Crippen MR) is 201 cm³/mol. The van der Waals surface area contributed by atoms with Crippen molar-refractivity contribution in [2.24, 2.45) is 11.8 Å². The van der Waals surface area contributed by atoms with Gasteiger partial charge in [-0.2, -0.15) is 0 Å². The Bertz CT molecular complexity index is 1180. The Hall–Kier alpha value is -3.60. The van der Waals surface area contributed by atoms with E-state index in [2.05, 4.69) is 120 Å². The van der Waals surface area contributed by atoms with Crippen LogP contribution in [0, 0.1) is 11.8 Å². The van der Waals surface area contributed by atoms with Crippen molar-refractivity contribution in [2.75, 3.05) is 0 Å². The van der Waals surface area contributed by atoms with E-state index in [1.807, 2.05) is 50.5 Å². The first-order valence-electron chi connectivity index (χ1n) is 17.6. The van der Waals surface area contributed by atoms with Crippen molar-refractivity contribution in [1.29, 1.82) is 0 Å². The molecule has 1 aromatic carbocycles. The summed E-state index contributed by atoms with van der Waals surface area (Å²) in [5, 5.41) is 0. The van der Waals surface area contributed by atoms with Crippen LogP contribution in [0.2, 0.25) is 0 Å². The number of aromatic nitrogens is 4. The van der Waals surface area contributed by atoms with E-state index in [9.17, 15) is 0 Å². The number of rotatable bonds is 8. The summed E-state index contributed by atoms with van der Waals surface area (Å²) in [5.74, 6) is 5.12. The van der Waals surface area contributed by atoms with Gasteiger partial charge in [0.2, 0.25) is 0 Å². The number of nitrogens with zero attached hydrogens (tertiary/aromatic N) is 4. The highest BCUT2D eigenvalue weighted by atomic mass is 16.5. The summed E-state index contributed by atoms with van der Waals surface area (Å²) in [7, 11) is 0. The highest BCUT2D eigenvalue weighted by Crippen LogP contribution is 2.34. The van der Waals surface area contributed by atoms with Gasteiger partial charge in [-0.3, -0.25) is 19.9 Å². The maximum atomic E-state index is 5.54. The molecular formula is C42H64N4O. The zero-order valence-electron chi connectivity index (χ0n) is 31.5. The number of hydrogen-bond donors (Lipinski definition) is 0. The van der Waals surface area contributed by atoms with Crippen molar-refractivity contribution in [3.8, 4) is 5.75 Å². The average Bonchev–Trinajstić information content (AvgIpc) is 3.87. The van der Waals surface area contributed by atoms with Gasteiger partial charge in [0.15, 0.2) is 0 Å². The van der Waals surface area contributed by atoms with Crippen molar-refractivity contribution in [2.45, 2.75) is 132 Å². The molecule has 0 atom stereocenters. The van der Waals surface area contributed by atoms with E-state index in [0.29, 0.717) is 23.7 Å². The Labute approximate surface area is 288 Å². The molecule has 5 heteroatoms. The van der Waals surface area contributed by atoms with Crippen molar-refractivity contribution >= 4 is 0 Å². The SMILES string of the molecule is CC(C)CC1CC1.CC(C)Oc1cncc(C(C)C)c1.CC(C)c1ccccc1.CC(C)c1ccccn1.CC(C)c1cnccn1. The molecule has 0 spiro atoms.